The molecule has 0 saturated heterocycles. The summed E-state index contributed by atoms with van der Waals surface area (Å²) in [6.45, 7) is 0. The molecule has 0 aromatic heterocycles. The first-order valence-corrected chi connectivity index (χ1v) is 6.73. The molecule has 6 N–H and O–H groups in total. The van der Waals surface area contributed by atoms with Gasteiger partial charge >= 0.3 is 21.1 Å². The maximum atomic E-state index is 9.63. The molecule has 0 spiro atoms. The Balaban J connectivity index is -0.000000174. The van der Waals surface area contributed by atoms with Crippen molar-refractivity contribution in [3.8, 4) is 0 Å². The van der Waals surface area contributed by atoms with E-state index >= 15 is 0 Å². The largest absolute Gasteiger partial charge is 6.00 e. The van der Waals surface area contributed by atoms with Crippen LogP contribution in [0.3, 0.4) is 0 Å². The maximum absolute atomic E-state index is 9.63. The van der Waals surface area contributed by atoms with E-state index in [1.807, 2.05) is 0 Å². The summed E-state index contributed by atoms with van der Waals surface area (Å²) in [7, 11) is 0. The molecule has 0 bridgehead atoms. The molecule has 0 radical (unpaired) electrons. The van der Waals surface area contributed by atoms with Gasteiger partial charge < -0.3 is 90.0 Å². The summed E-state index contributed by atoms with van der Waals surface area (Å²) in [5, 5.41) is 107. The molecule has 0 aliphatic rings. The molecule has 0 aromatic carbocycles. The summed E-state index contributed by atoms with van der Waals surface area (Å²) in [6.07, 6.45) is -14.6. The molecule has 0 aliphatic heterocycles. The first kappa shape index (κ1) is 35.7. The molecule has 0 aromatic rings. The molecule has 174 valence electrons. The van der Waals surface area contributed by atoms with E-state index in [2.05, 4.69) is 0 Å². The summed E-state index contributed by atoms with van der Waals surface area (Å²) >= 11 is 0. The molecule has 6 unspecified atom stereocenters. The van der Waals surface area contributed by atoms with Crippen molar-refractivity contribution in [1.82, 2.24) is 0 Å². The van der Waals surface area contributed by atoms with Gasteiger partial charge in [0.15, 0.2) is 0 Å². The Labute approximate surface area is 184 Å². The van der Waals surface area contributed by atoms with Crippen molar-refractivity contribution < 1.29 is 111 Å². The molecule has 0 heterocycles. The van der Waals surface area contributed by atoms with Crippen molar-refractivity contribution in [2.45, 2.75) is 36.6 Å². The number of carbonyl (C=O) groups excluding carboxylic acids is 6. The minimum Gasteiger partial charge on any atom is -0.547 e. The molecule has 19 heteroatoms. The van der Waals surface area contributed by atoms with Crippen molar-refractivity contribution >= 4 is 35.8 Å². The predicted molar refractivity (Wildman–Crippen MR) is 66.1 cm³/mol. The minimum atomic E-state index is -2.44. The van der Waals surface area contributed by atoms with Gasteiger partial charge in [-0.3, -0.25) is 0 Å². The van der Waals surface area contributed by atoms with Crippen LogP contribution in [-0.2, 0) is 49.8 Å². The Kier molecular flexibility index (Phi) is 19.6. The van der Waals surface area contributed by atoms with Gasteiger partial charge in [0.25, 0.3) is 0 Å². The van der Waals surface area contributed by atoms with Gasteiger partial charge in [0.1, 0.15) is 36.6 Å². The van der Waals surface area contributed by atoms with Crippen molar-refractivity contribution in [1.29, 1.82) is 0 Å². The van der Waals surface area contributed by atoms with E-state index in [-0.39, 0.29) is 21.1 Å². The minimum absolute atomic E-state index is 0. The Morgan fingerprint density at radius 1 is 0.355 bits per heavy atom. The molecule has 31 heavy (non-hydrogen) atoms. The third-order valence-corrected chi connectivity index (χ3v) is 2.35. The van der Waals surface area contributed by atoms with Crippen LogP contribution >= 0.6 is 0 Å². The van der Waals surface area contributed by atoms with Crippen molar-refractivity contribution in [2.24, 2.45) is 0 Å². The Hall–Kier alpha value is -2.73. The van der Waals surface area contributed by atoms with Crippen molar-refractivity contribution in [3.05, 3.63) is 0 Å². The number of carbonyl (C=O) groups is 6. The molecule has 0 fully saturated rings. The second-order valence-electron chi connectivity index (χ2n) is 4.58. The molecule has 0 amide bonds. The standard InChI is InChI=1S/3C4H6O6.Mo/c3*5-1(3(7)8)2(6)4(9)10;/h3*1-2,5-6H,(H,7,8)(H,9,10);/q;;;+6/p-6. The van der Waals surface area contributed by atoms with Crippen LogP contribution in [0.2, 0.25) is 0 Å². The third kappa shape index (κ3) is 15.7. The van der Waals surface area contributed by atoms with E-state index in [0.29, 0.717) is 0 Å². The van der Waals surface area contributed by atoms with Gasteiger partial charge in [-0.25, -0.2) is 0 Å². The van der Waals surface area contributed by atoms with Gasteiger partial charge in [-0.15, -0.1) is 0 Å². The van der Waals surface area contributed by atoms with Crippen molar-refractivity contribution in [2.75, 3.05) is 0 Å². The van der Waals surface area contributed by atoms with Crippen LogP contribution < -0.4 is 30.6 Å². The van der Waals surface area contributed by atoms with Crippen LogP contribution in [0.4, 0.5) is 0 Å². The second kappa shape index (κ2) is 17.0. The summed E-state index contributed by atoms with van der Waals surface area (Å²) < 4.78 is 0. The van der Waals surface area contributed by atoms with E-state index in [1.165, 1.54) is 0 Å². The summed E-state index contributed by atoms with van der Waals surface area (Å²) in [5.74, 6) is -12.4. The Bertz CT molecular complexity index is 493. The smallest absolute Gasteiger partial charge is 0.547 e. The topological polar surface area (TPSA) is 362 Å². The number of hydrogen-bond donors (Lipinski definition) is 6. The number of aliphatic hydroxyl groups is 6. The van der Waals surface area contributed by atoms with E-state index in [4.69, 9.17) is 30.6 Å². The van der Waals surface area contributed by atoms with Crippen LogP contribution in [0.5, 0.6) is 0 Å². The summed E-state index contributed by atoms with van der Waals surface area (Å²) in [6, 6.07) is 0. The monoisotopic (exact) mass is 542 g/mol. The van der Waals surface area contributed by atoms with Gasteiger partial charge in [-0.1, -0.05) is 0 Å². The SMILES string of the molecule is O=C([O-])C(O)C(O)C(=O)[O-].O=C([O-])C(O)C(O)C(=O)[O-].O=C([O-])C(O)C(O)C(=O)[O-].[Mo+6]. The van der Waals surface area contributed by atoms with Gasteiger partial charge in [0.05, 0.1) is 35.8 Å². The molecule has 0 rings (SSSR count). The Morgan fingerprint density at radius 3 is 0.452 bits per heavy atom. The number of rotatable bonds is 9. The molecular weight excluding hydrogens is 528 g/mol. The molecular formula is C12H12MoO18. The molecule has 18 nitrogen and oxygen atoms in total. The second-order valence-corrected chi connectivity index (χ2v) is 4.58. The van der Waals surface area contributed by atoms with Crippen LogP contribution in [0.1, 0.15) is 0 Å². The fourth-order valence-electron chi connectivity index (χ4n) is 0.773. The third-order valence-electron chi connectivity index (χ3n) is 2.35. The van der Waals surface area contributed by atoms with Crippen LogP contribution in [-0.4, -0.2) is 103 Å². The van der Waals surface area contributed by atoms with E-state index in [9.17, 15) is 59.4 Å². The number of hydrogen-bond acceptors (Lipinski definition) is 18. The molecule has 6 atom stereocenters. The van der Waals surface area contributed by atoms with Crippen molar-refractivity contribution in [3.63, 3.8) is 0 Å². The first-order chi connectivity index (χ1) is 13.4. The summed E-state index contributed by atoms with van der Waals surface area (Å²) in [4.78, 5) is 57.8. The van der Waals surface area contributed by atoms with E-state index < -0.39 is 72.4 Å². The molecule has 0 aliphatic carbocycles. The van der Waals surface area contributed by atoms with Gasteiger partial charge in [0.2, 0.25) is 0 Å². The number of carboxylic acid groups (broad SMARTS) is 6. The number of carboxylic acids is 6. The normalized spacial score (nSPS) is 15.3. The quantitative estimate of drug-likeness (QED) is 0.148. The summed E-state index contributed by atoms with van der Waals surface area (Å²) in [5.41, 5.74) is 0. The zero-order valence-corrected chi connectivity index (χ0v) is 16.5. The van der Waals surface area contributed by atoms with E-state index in [1.54, 1.807) is 0 Å². The number of aliphatic hydroxyl groups excluding tert-OH is 6. The van der Waals surface area contributed by atoms with Crippen LogP contribution in [0, 0.1) is 0 Å². The van der Waals surface area contributed by atoms with Crippen LogP contribution in [0.15, 0.2) is 0 Å². The zero-order valence-electron chi connectivity index (χ0n) is 14.5. The average Bonchev–Trinajstić information content (AvgIpc) is 2.64. The van der Waals surface area contributed by atoms with Crippen LogP contribution in [0.25, 0.3) is 0 Å². The molecule has 0 saturated carbocycles. The fraction of sp³-hybridized carbons (Fsp3) is 0.500. The van der Waals surface area contributed by atoms with Gasteiger partial charge in [-0.05, 0) is 0 Å². The van der Waals surface area contributed by atoms with Gasteiger partial charge in [0, 0.05) is 0 Å². The average molecular weight is 540 g/mol. The fourth-order valence-corrected chi connectivity index (χ4v) is 0.773. The van der Waals surface area contributed by atoms with Gasteiger partial charge in [-0.2, -0.15) is 0 Å². The van der Waals surface area contributed by atoms with E-state index in [0.717, 1.165) is 0 Å². The predicted octanol–water partition coefficient (Wildman–Crippen LogP) is -14.4. The maximum Gasteiger partial charge on any atom is 6.00 e. The Morgan fingerprint density at radius 2 is 0.419 bits per heavy atom. The zero-order chi connectivity index (χ0) is 24.9. The number of aliphatic carboxylic acids is 6. The first-order valence-electron chi connectivity index (χ1n) is 6.73.